The van der Waals surface area contributed by atoms with E-state index in [1.165, 1.54) is 11.0 Å². The van der Waals surface area contributed by atoms with E-state index in [2.05, 4.69) is 0 Å². The quantitative estimate of drug-likeness (QED) is 0.593. The summed E-state index contributed by atoms with van der Waals surface area (Å²) in [6.45, 7) is 0.000699. The van der Waals surface area contributed by atoms with Crippen LogP contribution in [0.15, 0.2) is 36.4 Å². The number of hydrogen-bond acceptors (Lipinski definition) is 5. The molecule has 4 rings (SSSR count). The number of anilines is 1. The lowest BCUT2D eigenvalue weighted by Gasteiger charge is -2.32. The van der Waals surface area contributed by atoms with E-state index in [0.29, 0.717) is 16.5 Å². The summed E-state index contributed by atoms with van der Waals surface area (Å²) in [6.07, 6.45) is 1.90. The summed E-state index contributed by atoms with van der Waals surface area (Å²) in [6, 6.07) is 10.1. The van der Waals surface area contributed by atoms with Gasteiger partial charge in [-0.3, -0.25) is 4.79 Å². The van der Waals surface area contributed by atoms with Crippen molar-refractivity contribution >= 4 is 29.4 Å². The van der Waals surface area contributed by atoms with E-state index in [-0.39, 0.29) is 36.7 Å². The number of rotatable bonds is 5. The van der Waals surface area contributed by atoms with Crippen molar-refractivity contribution in [1.29, 1.82) is 0 Å². The van der Waals surface area contributed by atoms with Crippen molar-refractivity contribution in [3.8, 4) is 17.2 Å². The maximum atomic E-state index is 12.6. The summed E-state index contributed by atoms with van der Waals surface area (Å²) in [5.74, 6) is 0.690. The second-order valence-electron chi connectivity index (χ2n) is 6.66. The topological polar surface area (TPSA) is 85.3 Å². The minimum atomic E-state index is -1.45. The maximum absolute atomic E-state index is 12.6. The predicted molar refractivity (Wildman–Crippen MR) is 101 cm³/mol. The van der Waals surface area contributed by atoms with Crippen molar-refractivity contribution in [1.82, 2.24) is 0 Å². The number of amides is 1. The second kappa shape index (κ2) is 7.59. The molecule has 7 nitrogen and oxygen atoms in total. The van der Waals surface area contributed by atoms with E-state index in [9.17, 15) is 9.59 Å². The molecule has 0 saturated heterocycles. The highest BCUT2D eigenvalue weighted by Gasteiger charge is 2.30. The number of carboxylic acid groups (broad SMARTS) is 1. The molecule has 1 aliphatic carbocycles. The molecule has 1 aliphatic heterocycles. The Hall–Kier alpha value is -2.93. The summed E-state index contributed by atoms with van der Waals surface area (Å²) in [5.41, 5.74) is 1.20. The predicted octanol–water partition coefficient (Wildman–Crippen LogP) is 4.25. The van der Waals surface area contributed by atoms with Crippen LogP contribution in [-0.4, -0.2) is 29.9 Å². The molecule has 146 valence electrons. The molecule has 28 heavy (non-hydrogen) atoms. The molecule has 0 atom stereocenters. The summed E-state index contributed by atoms with van der Waals surface area (Å²) in [4.78, 5) is 25.0. The number of para-hydroxylation sites is 1. The second-order valence-corrected chi connectivity index (χ2v) is 7.10. The Morgan fingerprint density at radius 2 is 2.07 bits per heavy atom. The van der Waals surface area contributed by atoms with E-state index in [4.69, 9.17) is 30.9 Å². The molecular weight excluding hydrogens is 386 g/mol. The smallest absolute Gasteiger partial charge is 0.490 e. The first kappa shape index (κ1) is 18.4. The molecule has 2 aromatic rings. The standard InChI is InChI=1S/C20H18ClNO6/c21-13-7-8-16(27-14-3-1-4-14)12(9-13)10-22-15-5-2-6-17(28-20(24)25)19(15)26-11-18(22)23/h2,5-9,14H,1,3-4,10-11H2,(H,24,25). The molecule has 1 heterocycles. The van der Waals surface area contributed by atoms with Crippen molar-refractivity contribution < 1.29 is 28.9 Å². The molecule has 1 N–H and O–H groups in total. The van der Waals surface area contributed by atoms with E-state index in [1.54, 1.807) is 24.3 Å². The lowest BCUT2D eigenvalue weighted by molar-refractivity contribution is -0.121. The number of benzene rings is 2. The average molecular weight is 404 g/mol. The fraction of sp³-hybridized carbons (Fsp3) is 0.300. The van der Waals surface area contributed by atoms with Gasteiger partial charge in [-0.2, -0.15) is 0 Å². The van der Waals surface area contributed by atoms with Crippen LogP contribution in [0.3, 0.4) is 0 Å². The van der Waals surface area contributed by atoms with Gasteiger partial charge in [0.2, 0.25) is 0 Å². The molecule has 2 aromatic carbocycles. The van der Waals surface area contributed by atoms with Crippen molar-refractivity contribution in [3.05, 3.63) is 47.0 Å². The molecule has 0 unspecified atom stereocenters. The minimum Gasteiger partial charge on any atom is -0.490 e. The normalized spacial score (nSPS) is 16.0. The van der Waals surface area contributed by atoms with Gasteiger partial charge in [-0.25, -0.2) is 4.79 Å². The van der Waals surface area contributed by atoms with Gasteiger partial charge in [0.15, 0.2) is 18.1 Å². The lowest BCUT2D eigenvalue weighted by Crippen LogP contribution is -2.38. The van der Waals surface area contributed by atoms with Crippen LogP contribution >= 0.6 is 11.6 Å². The number of ether oxygens (including phenoxy) is 3. The van der Waals surface area contributed by atoms with Crippen molar-refractivity contribution in [2.24, 2.45) is 0 Å². The van der Waals surface area contributed by atoms with Gasteiger partial charge < -0.3 is 24.2 Å². The van der Waals surface area contributed by atoms with Crippen molar-refractivity contribution in [2.45, 2.75) is 31.9 Å². The molecule has 0 aromatic heterocycles. The number of hydrogen-bond donors (Lipinski definition) is 1. The monoisotopic (exact) mass is 403 g/mol. The Morgan fingerprint density at radius 3 is 2.79 bits per heavy atom. The first-order valence-electron chi connectivity index (χ1n) is 8.93. The molecule has 0 spiro atoms. The highest BCUT2D eigenvalue weighted by Crippen LogP contribution is 2.41. The van der Waals surface area contributed by atoms with Gasteiger partial charge in [0.25, 0.3) is 5.91 Å². The van der Waals surface area contributed by atoms with Crippen LogP contribution in [0, 0.1) is 0 Å². The third kappa shape index (κ3) is 3.71. The summed E-state index contributed by atoms with van der Waals surface area (Å²) in [7, 11) is 0. The molecule has 2 aliphatic rings. The fourth-order valence-electron chi connectivity index (χ4n) is 3.18. The molecule has 1 fully saturated rings. The molecule has 0 bridgehead atoms. The van der Waals surface area contributed by atoms with Gasteiger partial charge in [-0.05, 0) is 49.6 Å². The van der Waals surface area contributed by atoms with Crippen LogP contribution < -0.4 is 19.1 Å². The first-order valence-corrected chi connectivity index (χ1v) is 9.31. The summed E-state index contributed by atoms with van der Waals surface area (Å²) < 4.78 is 16.3. The summed E-state index contributed by atoms with van der Waals surface area (Å²) >= 11 is 6.17. The van der Waals surface area contributed by atoms with Crippen LogP contribution in [0.4, 0.5) is 10.5 Å². The Labute approximate surface area is 166 Å². The molecule has 1 saturated carbocycles. The van der Waals surface area contributed by atoms with Gasteiger partial charge in [0.05, 0.1) is 18.3 Å². The molecule has 1 amide bonds. The largest absolute Gasteiger partial charge is 0.511 e. The highest BCUT2D eigenvalue weighted by atomic mass is 35.5. The number of halogens is 1. The maximum Gasteiger partial charge on any atom is 0.511 e. The third-order valence-corrected chi connectivity index (χ3v) is 5.02. The van der Waals surface area contributed by atoms with Crippen molar-refractivity contribution in [3.63, 3.8) is 0 Å². The Morgan fingerprint density at radius 1 is 1.25 bits per heavy atom. The molecule has 0 radical (unpaired) electrons. The van der Waals surface area contributed by atoms with Gasteiger partial charge >= 0.3 is 6.16 Å². The van der Waals surface area contributed by atoms with Gasteiger partial charge in [0, 0.05) is 10.6 Å². The zero-order valence-electron chi connectivity index (χ0n) is 14.9. The van der Waals surface area contributed by atoms with E-state index < -0.39 is 6.16 Å². The van der Waals surface area contributed by atoms with Crippen LogP contribution in [-0.2, 0) is 11.3 Å². The highest BCUT2D eigenvalue weighted by molar-refractivity contribution is 6.30. The van der Waals surface area contributed by atoms with E-state index >= 15 is 0 Å². The third-order valence-electron chi connectivity index (χ3n) is 4.78. The van der Waals surface area contributed by atoms with Gasteiger partial charge in [0.1, 0.15) is 5.75 Å². The zero-order chi connectivity index (χ0) is 19.7. The van der Waals surface area contributed by atoms with Crippen LogP contribution in [0.2, 0.25) is 5.02 Å². The number of carbonyl (C=O) groups excluding carboxylic acids is 1. The number of fused-ring (bicyclic) bond motifs is 1. The minimum absolute atomic E-state index is 0.0412. The SMILES string of the molecule is O=C(O)Oc1cccc2c1OCC(=O)N2Cc1cc(Cl)ccc1OC1CCC1. The van der Waals surface area contributed by atoms with Crippen LogP contribution in [0.1, 0.15) is 24.8 Å². The fourth-order valence-corrected chi connectivity index (χ4v) is 3.38. The molecular formula is C20H18ClNO6. The number of nitrogens with zero attached hydrogens (tertiary/aromatic N) is 1. The van der Waals surface area contributed by atoms with Crippen LogP contribution in [0.25, 0.3) is 0 Å². The Kier molecular flexibility index (Phi) is 5.00. The van der Waals surface area contributed by atoms with Crippen LogP contribution in [0.5, 0.6) is 17.2 Å². The zero-order valence-corrected chi connectivity index (χ0v) is 15.6. The average Bonchev–Trinajstić information content (AvgIpc) is 2.61. The Bertz CT molecular complexity index is 927. The van der Waals surface area contributed by atoms with E-state index in [0.717, 1.165) is 24.8 Å². The number of carbonyl (C=O) groups is 2. The lowest BCUT2D eigenvalue weighted by atomic mass is 9.96. The van der Waals surface area contributed by atoms with Gasteiger partial charge in [-0.15, -0.1) is 0 Å². The van der Waals surface area contributed by atoms with E-state index in [1.807, 2.05) is 6.07 Å². The summed E-state index contributed by atoms with van der Waals surface area (Å²) in [5, 5.41) is 9.45. The van der Waals surface area contributed by atoms with Gasteiger partial charge in [-0.1, -0.05) is 17.7 Å². The first-order chi connectivity index (χ1) is 13.5. The Balaban J connectivity index is 1.66. The van der Waals surface area contributed by atoms with Crippen molar-refractivity contribution in [2.75, 3.05) is 11.5 Å². The molecule has 8 heteroatoms.